The molecular weight excluding hydrogens is 356 g/mol. The van der Waals surface area contributed by atoms with Gasteiger partial charge in [-0.15, -0.1) is 0 Å². The Labute approximate surface area is 179 Å². The van der Waals surface area contributed by atoms with Crippen molar-refractivity contribution in [3.05, 3.63) is 46.6 Å². The number of rotatable bonds is 10. The molecule has 0 aliphatic carbocycles. The second-order valence-corrected chi connectivity index (χ2v) is 9.77. The van der Waals surface area contributed by atoms with Crippen molar-refractivity contribution in [1.29, 1.82) is 0 Å². The molecule has 0 bridgehead atoms. The summed E-state index contributed by atoms with van der Waals surface area (Å²) in [6.07, 6.45) is 15.1. The zero-order valence-electron chi connectivity index (χ0n) is 19.6. The van der Waals surface area contributed by atoms with Crippen LogP contribution in [0.5, 0.6) is 11.5 Å². The molecule has 0 radical (unpaired) electrons. The lowest BCUT2D eigenvalue weighted by molar-refractivity contribution is 0.0561. The van der Waals surface area contributed by atoms with Crippen LogP contribution in [0.15, 0.2) is 35.4 Å². The Morgan fingerprint density at radius 1 is 1.14 bits per heavy atom. The van der Waals surface area contributed by atoms with E-state index in [1.54, 1.807) is 11.6 Å². The first-order valence-corrected chi connectivity index (χ1v) is 11.5. The number of hydrogen-bond donors (Lipinski definition) is 1. The Kier molecular flexibility index (Phi) is 8.86. The Balaban J connectivity index is 1.77. The van der Waals surface area contributed by atoms with Crippen LogP contribution in [0, 0.1) is 12.8 Å². The van der Waals surface area contributed by atoms with E-state index in [9.17, 15) is 5.11 Å². The van der Waals surface area contributed by atoms with Crippen molar-refractivity contribution >= 4 is 0 Å². The van der Waals surface area contributed by atoms with Gasteiger partial charge >= 0.3 is 0 Å². The van der Waals surface area contributed by atoms with Crippen molar-refractivity contribution in [3.8, 4) is 11.5 Å². The monoisotopic (exact) mass is 398 g/mol. The van der Waals surface area contributed by atoms with Gasteiger partial charge in [0, 0.05) is 0 Å². The van der Waals surface area contributed by atoms with Crippen LogP contribution in [-0.2, 0) is 6.42 Å². The van der Waals surface area contributed by atoms with E-state index in [0.29, 0.717) is 5.75 Å². The van der Waals surface area contributed by atoms with Crippen molar-refractivity contribution in [2.24, 2.45) is 5.92 Å². The highest BCUT2D eigenvalue weighted by molar-refractivity contribution is 5.47. The van der Waals surface area contributed by atoms with Crippen LogP contribution in [-0.4, -0.2) is 10.7 Å². The number of allylic oxidation sites excluding steroid dienone is 4. The lowest BCUT2D eigenvalue weighted by Gasteiger charge is -2.36. The Morgan fingerprint density at radius 2 is 1.83 bits per heavy atom. The summed E-state index contributed by atoms with van der Waals surface area (Å²) in [4.78, 5) is 0. The number of phenols is 1. The lowest BCUT2D eigenvalue weighted by Crippen LogP contribution is -2.36. The molecule has 0 saturated heterocycles. The first-order chi connectivity index (χ1) is 13.7. The number of phenolic OH excluding ortho intramolecular Hbond substituents is 1. The average molecular weight is 399 g/mol. The van der Waals surface area contributed by atoms with Gasteiger partial charge < -0.3 is 9.84 Å². The third kappa shape index (κ3) is 7.91. The topological polar surface area (TPSA) is 29.5 Å². The number of aryl methyl sites for hydroxylation is 2. The summed E-state index contributed by atoms with van der Waals surface area (Å²) in [6.45, 7) is 13.4. The van der Waals surface area contributed by atoms with Crippen molar-refractivity contribution < 1.29 is 9.84 Å². The van der Waals surface area contributed by atoms with Gasteiger partial charge in [0.1, 0.15) is 17.1 Å². The summed E-state index contributed by atoms with van der Waals surface area (Å²) in [6, 6.07) is 3.65. The van der Waals surface area contributed by atoms with Crippen LogP contribution in [0.3, 0.4) is 0 Å². The molecule has 1 heterocycles. The third-order valence-electron chi connectivity index (χ3n) is 6.16. The Bertz CT molecular complexity index is 726. The van der Waals surface area contributed by atoms with Gasteiger partial charge in [0.25, 0.3) is 0 Å². The van der Waals surface area contributed by atoms with Gasteiger partial charge in [-0.2, -0.15) is 0 Å². The summed E-state index contributed by atoms with van der Waals surface area (Å²) in [5.74, 6) is 2.14. The quantitative estimate of drug-likeness (QED) is 0.404. The van der Waals surface area contributed by atoms with E-state index in [0.717, 1.165) is 61.3 Å². The molecule has 0 fully saturated rings. The van der Waals surface area contributed by atoms with Crippen molar-refractivity contribution in [2.75, 3.05) is 0 Å². The van der Waals surface area contributed by atoms with Gasteiger partial charge in [-0.3, -0.25) is 0 Å². The van der Waals surface area contributed by atoms with Crippen LogP contribution in [0.1, 0.15) is 97.1 Å². The standard InChI is InChI=1S/C27H42O2/c1-20(2)10-7-11-21(3)12-8-13-22(4)14-9-16-27(6)17-15-24-19-25(28)18-23(5)26(24)29-27/h12,14,18-20,28H,7-11,13,15-17H2,1-6H3/b21-12+,22-14+. The molecule has 1 aromatic carbocycles. The van der Waals surface area contributed by atoms with E-state index in [1.807, 2.05) is 13.0 Å². The maximum atomic E-state index is 9.80. The predicted molar refractivity (Wildman–Crippen MR) is 125 cm³/mol. The molecule has 1 aliphatic rings. The minimum Gasteiger partial charge on any atom is -0.508 e. The van der Waals surface area contributed by atoms with E-state index in [-0.39, 0.29) is 5.60 Å². The highest BCUT2D eigenvalue weighted by atomic mass is 16.5. The zero-order chi connectivity index (χ0) is 21.4. The average Bonchev–Trinajstić information content (AvgIpc) is 2.62. The summed E-state index contributed by atoms with van der Waals surface area (Å²) >= 11 is 0. The molecule has 1 atom stereocenters. The number of hydrogen-bond acceptors (Lipinski definition) is 2. The van der Waals surface area contributed by atoms with Crippen molar-refractivity contribution in [3.63, 3.8) is 0 Å². The van der Waals surface area contributed by atoms with E-state index in [1.165, 1.54) is 24.8 Å². The molecule has 0 aromatic heterocycles. The molecule has 1 N–H and O–H groups in total. The van der Waals surface area contributed by atoms with E-state index in [2.05, 4.69) is 46.8 Å². The predicted octanol–water partition coefficient (Wildman–Crippen LogP) is 8.06. The highest BCUT2D eigenvalue weighted by Gasteiger charge is 2.31. The molecule has 0 saturated carbocycles. The number of fused-ring (bicyclic) bond motifs is 1. The maximum absolute atomic E-state index is 9.80. The molecule has 29 heavy (non-hydrogen) atoms. The molecule has 0 amide bonds. The fourth-order valence-electron chi connectivity index (χ4n) is 4.19. The first kappa shape index (κ1) is 23.6. The van der Waals surface area contributed by atoms with Gasteiger partial charge in [0.05, 0.1) is 0 Å². The summed E-state index contributed by atoms with van der Waals surface area (Å²) < 4.78 is 6.40. The largest absolute Gasteiger partial charge is 0.508 e. The fraction of sp³-hybridized carbons (Fsp3) is 0.630. The van der Waals surface area contributed by atoms with Gasteiger partial charge in [-0.05, 0) is 108 Å². The van der Waals surface area contributed by atoms with Gasteiger partial charge in [-0.25, -0.2) is 0 Å². The normalized spacial score (nSPS) is 20.0. The number of aromatic hydroxyl groups is 1. The maximum Gasteiger partial charge on any atom is 0.126 e. The molecular formula is C27H42O2. The minimum atomic E-state index is -0.113. The molecule has 1 aromatic rings. The second-order valence-electron chi connectivity index (χ2n) is 9.77. The Morgan fingerprint density at radius 3 is 2.55 bits per heavy atom. The van der Waals surface area contributed by atoms with E-state index in [4.69, 9.17) is 4.74 Å². The first-order valence-electron chi connectivity index (χ1n) is 11.5. The van der Waals surface area contributed by atoms with Crippen LogP contribution in [0.2, 0.25) is 0 Å². The number of ether oxygens (including phenoxy) is 1. The molecule has 1 aliphatic heterocycles. The highest BCUT2D eigenvalue weighted by Crippen LogP contribution is 2.39. The van der Waals surface area contributed by atoms with Gasteiger partial charge in [0.2, 0.25) is 0 Å². The van der Waals surface area contributed by atoms with Crippen LogP contribution < -0.4 is 4.74 Å². The van der Waals surface area contributed by atoms with Gasteiger partial charge in [0.15, 0.2) is 0 Å². The summed E-state index contributed by atoms with van der Waals surface area (Å²) in [5.41, 5.74) is 5.09. The lowest BCUT2D eigenvalue weighted by atomic mass is 9.87. The van der Waals surface area contributed by atoms with Crippen molar-refractivity contribution in [2.45, 2.75) is 105 Å². The fourth-order valence-corrected chi connectivity index (χ4v) is 4.19. The molecule has 2 rings (SSSR count). The van der Waals surface area contributed by atoms with Crippen LogP contribution in [0.25, 0.3) is 0 Å². The van der Waals surface area contributed by atoms with Crippen LogP contribution >= 0.6 is 0 Å². The number of benzene rings is 1. The molecule has 2 heteroatoms. The molecule has 0 spiro atoms. The van der Waals surface area contributed by atoms with E-state index < -0.39 is 0 Å². The van der Waals surface area contributed by atoms with Crippen LogP contribution in [0.4, 0.5) is 0 Å². The summed E-state index contributed by atoms with van der Waals surface area (Å²) in [5, 5.41) is 9.80. The Hall–Kier alpha value is -1.70. The van der Waals surface area contributed by atoms with E-state index >= 15 is 0 Å². The zero-order valence-corrected chi connectivity index (χ0v) is 19.6. The molecule has 162 valence electrons. The van der Waals surface area contributed by atoms with Crippen molar-refractivity contribution in [1.82, 2.24) is 0 Å². The van der Waals surface area contributed by atoms with Gasteiger partial charge in [-0.1, -0.05) is 43.6 Å². The smallest absolute Gasteiger partial charge is 0.126 e. The molecule has 2 nitrogen and oxygen atoms in total. The molecule has 1 unspecified atom stereocenters. The minimum absolute atomic E-state index is 0.113. The third-order valence-corrected chi connectivity index (χ3v) is 6.16. The SMILES string of the molecule is C/C(=C\CCC1(C)CCc2cc(O)cc(C)c2O1)CC/C=C(\C)CCCC(C)C. The summed E-state index contributed by atoms with van der Waals surface area (Å²) in [7, 11) is 0. The second kappa shape index (κ2) is 10.9.